The van der Waals surface area contributed by atoms with Gasteiger partial charge in [-0.05, 0) is 42.0 Å². The van der Waals surface area contributed by atoms with Crippen LogP contribution in [0.2, 0.25) is 0 Å². The van der Waals surface area contributed by atoms with Crippen molar-refractivity contribution in [2.75, 3.05) is 36.5 Å². The van der Waals surface area contributed by atoms with E-state index < -0.39 is 29.7 Å². The minimum Gasteiger partial charge on any atom is -0.475 e. The van der Waals surface area contributed by atoms with Crippen molar-refractivity contribution in [1.82, 2.24) is 19.7 Å². The quantitative estimate of drug-likeness (QED) is 0.265. The Morgan fingerprint density at radius 1 is 1.02 bits per heavy atom. The summed E-state index contributed by atoms with van der Waals surface area (Å²) in [4.78, 5) is 18.9. The van der Waals surface area contributed by atoms with Crippen LogP contribution in [-0.4, -0.2) is 63.3 Å². The number of alkyl halides is 6. The number of rotatable bonds is 6. The Morgan fingerprint density at radius 2 is 1.70 bits per heavy atom. The number of carboxylic acids is 1. The lowest BCUT2D eigenvalue weighted by atomic mass is 10.0. The van der Waals surface area contributed by atoms with E-state index in [1.807, 2.05) is 36.5 Å². The molecular formula is C27H23F7N6O3. The highest BCUT2D eigenvalue weighted by Gasteiger charge is 2.38. The normalized spacial score (nSPS) is 13.7. The first-order valence-corrected chi connectivity index (χ1v) is 12.5. The summed E-state index contributed by atoms with van der Waals surface area (Å²) in [7, 11) is 0. The van der Waals surface area contributed by atoms with Crippen LogP contribution in [0.4, 0.5) is 48.1 Å². The van der Waals surface area contributed by atoms with Crippen LogP contribution in [-0.2, 0) is 22.3 Å². The summed E-state index contributed by atoms with van der Waals surface area (Å²) >= 11 is 0. The third kappa shape index (κ3) is 8.64. The first-order chi connectivity index (χ1) is 20.3. The molecule has 1 aliphatic heterocycles. The molecule has 3 heterocycles. The second-order valence-corrected chi connectivity index (χ2v) is 9.08. The number of ether oxygens (including phenoxy) is 1. The highest BCUT2D eigenvalue weighted by Crippen LogP contribution is 2.36. The van der Waals surface area contributed by atoms with Gasteiger partial charge in [0.1, 0.15) is 5.69 Å². The number of carboxylic acid groups (broad SMARTS) is 1. The largest absolute Gasteiger partial charge is 0.490 e. The lowest BCUT2D eigenvalue weighted by Crippen LogP contribution is -2.36. The van der Waals surface area contributed by atoms with Crippen molar-refractivity contribution in [3.8, 4) is 11.3 Å². The summed E-state index contributed by atoms with van der Waals surface area (Å²) in [6.07, 6.45) is -5.17. The summed E-state index contributed by atoms with van der Waals surface area (Å²) in [6, 6.07) is 12.7. The third-order valence-corrected chi connectivity index (χ3v) is 6.00. The molecule has 2 aromatic heterocycles. The van der Waals surface area contributed by atoms with Crippen molar-refractivity contribution in [3.63, 3.8) is 0 Å². The molecule has 0 aliphatic carbocycles. The molecule has 1 saturated heterocycles. The Labute approximate surface area is 239 Å². The molecular weight excluding hydrogens is 589 g/mol. The number of hydrogen-bond donors (Lipinski definition) is 2. The average Bonchev–Trinajstić information content (AvgIpc) is 3.48. The first-order valence-electron chi connectivity index (χ1n) is 12.5. The van der Waals surface area contributed by atoms with Crippen LogP contribution in [0.5, 0.6) is 0 Å². The number of halogens is 7. The fraction of sp³-hybridized carbons (Fsp3) is 0.259. The molecule has 2 N–H and O–H groups in total. The molecule has 43 heavy (non-hydrogen) atoms. The lowest BCUT2D eigenvalue weighted by molar-refractivity contribution is -0.192. The van der Waals surface area contributed by atoms with E-state index in [-0.39, 0.29) is 17.2 Å². The monoisotopic (exact) mass is 612 g/mol. The van der Waals surface area contributed by atoms with Gasteiger partial charge >= 0.3 is 18.3 Å². The van der Waals surface area contributed by atoms with Crippen molar-refractivity contribution in [2.45, 2.75) is 18.9 Å². The van der Waals surface area contributed by atoms with Crippen molar-refractivity contribution in [2.24, 2.45) is 0 Å². The van der Waals surface area contributed by atoms with E-state index in [4.69, 9.17) is 14.6 Å². The summed E-state index contributed by atoms with van der Waals surface area (Å²) in [5, 5.41) is 14.3. The number of anilines is 3. The number of hydrogen-bond acceptors (Lipinski definition) is 7. The van der Waals surface area contributed by atoms with Crippen LogP contribution < -0.4 is 10.2 Å². The van der Waals surface area contributed by atoms with Gasteiger partial charge in [0.15, 0.2) is 5.82 Å². The minimum atomic E-state index is -5.08. The number of morpholine rings is 1. The summed E-state index contributed by atoms with van der Waals surface area (Å²) in [5.74, 6) is -3.51. The van der Waals surface area contributed by atoms with E-state index >= 15 is 0 Å². The van der Waals surface area contributed by atoms with E-state index in [0.717, 1.165) is 23.9 Å². The van der Waals surface area contributed by atoms with E-state index in [1.54, 1.807) is 15.8 Å². The molecule has 0 spiro atoms. The van der Waals surface area contributed by atoms with E-state index in [9.17, 15) is 30.7 Å². The molecule has 1 aliphatic rings. The number of nitrogens with one attached hydrogen (secondary N) is 1. The van der Waals surface area contributed by atoms with Gasteiger partial charge in [-0.1, -0.05) is 12.1 Å². The van der Waals surface area contributed by atoms with E-state index in [2.05, 4.69) is 20.4 Å². The zero-order valence-corrected chi connectivity index (χ0v) is 22.0. The molecule has 5 rings (SSSR count). The van der Waals surface area contributed by atoms with Gasteiger partial charge < -0.3 is 20.1 Å². The fourth-order valence-corrected chi connectivity index (χ4v) is 3.95. The molecule has 0 saturated carbocycles. The van der Waals surface area contributed by atoms with Crippen LogP contribution in [0.3, 0.4) is 0 Å². The predicted octanol–water partition coefficient (Wildman–Crippen LogP) is 5.76. The minimum absolute atomic E-state index is 0.0174. The maximum atomic E-state index is 14.8. The maximum absolute atomic E-state index is 14.8. The van der Waals surface area contributed by atoms with Crippen LogP contribution in [0, 0.1) is 5.82 Å². The smallest absolute Gasteiger partial charge is 0.475 e. The molecule has 0 unspecified atom stereocenters. The molecule has 228 valence electrons. The molecule has 16 heteroatoms. The van der Waals surface area contributed by atoms with Crippen molar-refractivity contribution < 1.29 is 45.4 Å². The molecule has 0 amide bonds. The molecule has 4 aromatic rings. The van der Waals surface area contributed by atoms with Crippen LogP contribution in [0.1, 0.15) is 11.1 Å². The molecule has 0 atom stereocenters. The number of benzene rings is 2. The van der Waals surface area contributed by atoms with Crippen molar-refractivity contribution in [1.29, 1.82) is 0 Å². The number of aromatic nitrogens is 4. The molecule has 0 bridgehead atoms. The van der Waals surface area contributed by atoms with Crippen molar-refractivity contribution >= 4 is 23.3 Å². The standard InChI is InChI=1S/C25H22F4N6O.C2HF3O2/c26-22-15-30-24(32-20-4-2-17(3-5-20)16-35-7-1-6-31-35)33-23(22)18-12-19(25(27,28)29)14-21(13-18)34-8-10-36-11-9-34;3-2(4,5)1(6)7/h1-7,12-15H,8-11,16H2,(H,30,32,33);(H,6,7). The zero-order chi connectivity index (χ0) is 31.2. The highest BCUT2D eigenvalue weighted by molar-refractivity contribution is 5.73. The van der Waals surface area contributed by atoms with Gasteiger partial charge in [-0.2, -0.15) is 31.4 Å². The van der Waals surface area contributed by atoms with Crippen molar-refractivity contribution in [3.05, 3.63) is 84.1 Å². The maximum Gasteiger partial charge on any atom is 0.490 e. The average molecular weight is 613 g/mol. The van der Waals surface area contributed by atoms with Gasteiger partial charge in [-0.25, -0.2) is 19.2 Å². The zero-order valence-electron chi connectivity index (χ0n) is 22.0. The summed E-state index contributed by atoms with van der Waals surface area (Å²) < 4.78 is 94.6. The Bertz CT molecular complexity index is 1520. The predicted molar refractivity (Wildman–Crippen MR) is 140 cm³/mol. The SMILES string of the molecule is Fc1cnc(Nc2ccc(Cn3cccn3)cc2)nc1-c1cc(N2CCOCC2)cc(C(F)(F)F)c1.O=C(O)C(F)(F)F. The Morgan fingerprint density at radius 3 is 2.28 bits per heavy atom. The lowest BCUT2D eigenvalue weighted by Gasteiger charge is -2.29. The van der Waals surface area contributed by atoms with E-state index in [1.165, 1.54) is 6.07 Å². The summed E-state index contributed by atoms with van der Waals surface area (Å²) in [5.41, 5.74) is 0.928. The van der Waals surface area contributed by atoms with E-state index in [0.29, 0.717) is 44.2 Å². The first kappa shape index (κ1) is 31.2. The fourth-order valence-electron chi connectivity index (χ4n) is 3.95. The van der Waals surface area contributed by atoms with Gasteiger partial charge in [-0.3, -0.25) is 4.68 Å². The Kier molecular flexibility index (Phi) is 9.48. The number of aliphatic carboxylic acids is 1. The van der Waals surface area contributed by atoms with Crippen LogP contribution in [0.15, 0.2) is 67.1 Å². The number of nitrogens with zero attached hydrogens (tertiary/aromatic N) is 5. The van der Waals surface area contributed by atoms with Gasteiger partial charge in [-0.15, -0.1) is 0 Å². The molecule has 2 aromatic carbocycles. The Hall–Kier alpha value is -4.73. The third-order valence-electron chi connectivity index (χ3n) is 6.00. The van der Waals surface area contributed by atoms with Gasteiger partial charge in [0.2, 0.25) is 5.95 Å². The topological polar surface area (TPSA) is 105 Å². The molecule has 0 radical (unpaired) electrons. The van der Waals surface area contributed by atoms with Crippen LogP contribution in [0.25, 0.3) is 11.3 Å². The molecule has 9 nitrogen and oxygen atoms in total. The second kappa shape index (κ2) is 13.1. The molecule has 1 fully saturated rings. The Balaban J connectivity index is 0.000000541. The second-order valence-electron chi connectivity index (χ2n) is 9.08. The summed E-state index contributed by atoms with van der Waals surface area (Å²) in [6.45, 7) is 2.29. The number of carbonyl (C=O) groups is 1. The highest BCUT2D eigenvalue weighted by atomic mass is 19.4. The van der Waals surface area contributed by atoms with Gasteiger partial charge in [0.25, 0.3) is 0 Å². The van der Waals surface area contributed by atoms with Gasteiger partial charge in [0, 0.05) is 42.4 Å². The van der Waals surface area contributed by atoms with Gasteiger partial charge in [0.05, 0.1) is 31.5 Å². The van der Waals surface area contributed by atoms with Crippen LogP contribution >= 0.6 is 0 Å².